The normalized spacial score (nSPS) is 18.6. The molecular weight excluding hydrogens is 326 g/mol. The molecule has 134 valence electrons. The van der Waals surface area contributed by atoms with Gasteiger partial charge in [-0.25, -0.2) is 0 Å². The van der Waals surface area contributed by atoms with Crippen molar-refractivity contribution in [3.8, 4) is 16.9 Å². The molecule has 0 saturated carbocycles. The summed E-state index contributed by atoms with van der Waals surface area (Å²) >= 11 is 0. The average Bonchev–Trinajstić information content (AvgIpc) is 2.87. The molecular formula is C22H23NO3. The van der Waals surface area contributed by atoms with Crippen molar-refractivity contribution in [3.05, 3.63) is 65.0 Å². The van der Waals surface area contributed by atoms with Crippen LogP contribution in [0.1, 0.15) is 19.3 Å². The Kier molecular flexibility index (Phi) is 4.76. The summed E-state index contributed by atoms with van der Waals surface area (Å²) in [7, 11) is 2.15. The number of rotatable bonds is 3. The summed E-state index contributed by atoms with van der Waals surface area (Å²) in [4.78, 5) is 15.1. The standard InChI is InChI=1S/C22H23NO3/c1-23-12-5-8-17(11-13-23)26-18-9-10-19-21(14-18)25-15-20(22(19)24)16-6-3-2-4-7-16/h2-4,6-7,9-10,14-15,17H,5,8,11-13H2,1H3. The lowest BCUT2D eigenvalue weighted by Crippen LogP contribution is -2.21. The monoisotopic (exact) mass is 349 g/mol. The van der Waals surface area contributed by atoms with Crippen molar-refractivity contribution in [2.45, 2.75) is 25.4 Å². The van der Waals surface area contributed by atoms with Crippen molar-refractivity contribution in [1.82, 2.24) is 4.90 Å². The number of ether oxygens (including phenoxy) is 1. The van der Waals surface area contributed by atoms with Gasteiger partial charge in [0.05, 0.1) is 17.1 Å². The molecule has 0 bridgehead atoms. The molecule has 1 aliphatic heterocycles. The van der Waals surface area contributed by atoms with Gasteiger partial charge in [0, 0.05) is 12.6 Å². The van der Waals surface area contributed by atoms with Crippen LogP contribution in [0.5, 0.6) is 5.75 Å². The van der Waals surface area contributed by atoms with E-state index in [0.29, 0.717) is 16.5 Å². The minimum Gasteiger partial charge on any atom is -0.490 e. The molecule has 4 rings (SSSR count). The van der Waals surface area contributed by atoms with Crippen LogP contribution in [0.3, 0.4) is 0 Å². The fourth-order valence-electron chi connectivity index (χ4n) is 3.52. The molecule has 1 saturated heterocycles. The highest BCUT2D eigenvalue weighted by Crippen LogP contribution is 2.25. The molecule has 3 aromatic rings. The van der Waals surface area contributed by atoms with Gasteiger partial charge in [-0.2, -0.15) is 0 Å². The van der Waals surface area contributed by atoms with Gasteiger partial charge in [0.2, 0.25) is 0 Å². The Balaban J connectivity index is 1.61. The third-order valence-corrected chi connectivity index (χ3v) is 5.03. The fourth-order valence-corrected chi connectivity index (χ4v) is 3.52. The number of fused-ring (bicyclic) bond motifs is 1. The second-order valence-corrected chi connectivity index (χ2v) is 6.98. The minimum atomic E-state index is -0.0138. The average molecular weight is 349 g/mol. The van der Waals surface area contributed by atoms with Crippen molar-refractivity contribution in [3.63, 3.8) is 0 Å². The minimum absolute atomic E-state index is 0.0138. The number of nitrogens with zero attached hydrogens (tertiary/aromatic N) is 1. The maximum Gasteiger partial charge on any atom is 0.200 e. The summed E-state index contributed by atoms with van der Waals surface area (Å²) in [6, 6.07) is 15.1. The van der Waals surface area contributed by atoms with Crippen molar-refractivity contribution in [1.29, 1.82) is 0 Å². The van der Waals surface area contributed by atoms with Crippen LogP contribution in [0.25, 0.3) is 22.1 Å². The number of hydrogen-bond acceptors (Lipinski definition) is 4. The van der Waals surface area contributed by atoms with Crippen LogP contribution in [-0.4, -0.2) is 31.1 Å². The van der Waals surface area contributed by atoms with Gasteiger partial charge in [-0.15, -0.1) is 0 Å². The predicted octanol–water partition coefficient (Wildman–Crippen LogP) is 4.32. The van der Waals surface area contributed by atoms with E-state index in [1.165, 1.54) is 0 Å². The van der Waals surface area contributed by atoms with Crippen LogP contribution < -0.4 is 10.2 Å². The molecule has 0 amide bonds. The van der Waals surface area contributed by atoms with E-state index in [1.807, 2.05) is 48.5 Å². The molecule has 1 atom stereocenters. The van der Waals surface area contributed by atoms with Gasteiger partial charge in [-0.3, -0.25) is 4.79 Å². The molecule has 4 nitrogen and oxygen atoms in total. The summed E-state index contributed by atoms with van der Waals surface area (Å²) < 4.78 is 11.9. The molecule has 1 fully saturated rings. The van der Waals surface area contributed by atoms with Gasteiger partial charge in [0.15, 0.2) is 5.43 Å². The van der Waals surface area contributed by atoms with Gasteiger partial charge in [-0.05, 0) is 50.6 Å². The first-order valence-electron chi connectivity index (χ1n) is 9.17. The molecule has 1 unspecified atom stereocenters. The largest absolute Gasteiger partial charge is 0.490 e. The van der Waals surface area contributed by atoms with Crippen LogP contribution >= 0.6 is 0 Å². The lowest BCUT2D eigenvalue weighted by molar-refractivity contribution is 0.183. The zero-order valence-electron chi connectivity index (χ0n) is 15.0. The van der Waals surface area contributed by atoms with Gasteiger partial charge in [0.25, 0.3) is 0 Å². The maximum atomic E-state index is 12.8. The van der Waals surface area contributed by atoms with Crippen LogP contribution in [0, 0.1) is 0 Å². The van der Waals surface area contributed by atoms with E-state index in [1.54, 1.807) is 6.26 Å². The maximum absolute atomic E-state index is 12.8. The third-order valence-electron chi connectivity index (χ3n) is 5.03. The van der Waals surface area contributed by atoms with Gasteiger partial charge in [0.1, 0.15) is 17.6 Å². The van der Waals surface area contributed by atoms with Crippen LogP contribution in [0.2, 0.25) is 0 Å². The topological polar surface area (TPSA) is 42.7 Å². The van der Waals surface area contributed by atoms with E-state index in [9.17, 15) is 4.79 Å². The molecule has 0 radical (unpaired) electrons. The molecule has 2 heterocycles. The predicted molar refractivity (Wildman–Crippen MR) is 104 cm³/mol. The second kappa shape index (κ2) is 7.34. The summed E-state index contributed by atoms with van der Waals surface area (Å²) in [6.07, 6.45) is 4.98. The van der Waals surface area contributed by atoms with E-state index in [-0.39, 0.29) is 11.5 Å². The van der Waals surface area contributed by atoms with Crippen molar-refractivity contribution in [2.75, 3.05) is 20.1 Å². The highest BCUT2D eigenvalue weighted by Gasteiger charge is 2.17. The first-order chi connectivity index (χ1) is 12.7. The van der Waals surface area contributed by atoms with E-state index in [2.05, 4.69) is 11.9 Å². The van der Waals surface area contributed by atoms with E-state index in [4.69, 9.17) is 9.15 Å². The summed E-state index contributed by atoms with van der Waals surface area (Å²) in [5, 5.41) is 0.583. The number of benzene rings is 2. The SMILES string of the molecule is CN1CCCC(Oc2ccc3c(=O)c(-c4ccccc4)coc3c2)CC1. The molecule has 26 heavy (non-hydrogen) atoms. The number of hydrogen-bond donors (Lipinski definition) is 0. The van der Waals surface area contributed by atoms with E-state index >= 15 is 0 Å². The molecule has 1 aliphatic rings. The first kappa shape index (κ1) is 16.9. The van der Waals surface area contributed by atoms with Gasteiger partial charge < -0.3 is 14.1 Å². The first-order valence-corrected chi connectivity index (χ1v) is 9.17. The molecule has 1 aromatic heterocycles. The highest BCUT2D eigenvalue weighted by molar-refractivity contribution is 5.82. The molecule has 2 aromatic carbocycles. The summed E-state index contributed by atoms with van der Waals surface area (Å²) in [5.41, 5.74) is 2.00. The molecule has 0 N–H and O–H groups in total. The van der Waals surface area contributed by atoms with Gasteiger partial charge in [-0.1, -0.05) is 30.3 Å². The Morgan fingerprint density at radius 3 is 2.77 bits per heavy atom. The fraction of sp³-hybridized carbons (Fsp3) is 0.318. The number of likely N-dealkylation sites (tertiary alicyclic amines) is 1. The highest BCUT2D eigenvalue weighted by atomic mass is 16.5. The Morgan fingerprint density at radius 1 is 1.08 bits per heavy atom. The van der Waals surface area contributed by atoms with Crippen LogP contribution in [0.15, 0.2) is 64.0 Å². The van der Waals surface area contributed by atoms with Crippen LogP contribution in [-0.2, 0) is 0 Å². The second-order valence-electron chi connectivity index (χ2n) is 6.98. The summed E-state index contributed by atoms with van der Waals surface area (Å²) in [6.45, 7) is 2.17. The summed E-state index contributed by atoms with van der Waals surface area (Å²) in [5.74, 6) is 0.766. The lowest BCUT2D eigenvalue weighted by Gasteiger charge is -2.17. The Labute approximate surface area is 153 Å². The Hall–Kier alpha value is -2.59. The zero-order chi connectivity index (χ0) is 17.9. The van der Waals surface area contributed by atoms with Crippen LogP contribution in [0.4, 0.5) is 0 Å². The molecule has 0 aliphatic carbocycles. The lowest BCUT2D eigenvalue weighted by atomic mass is 10.1. The van der Waals surface area contributed by atoms with Crippen molar-refractivity contribution < 1.29 is 9.15 Å². The smallest absolute Gasteiger partial charge is 0.200 e. The molecule has 4 heteroatoms. The van der Waals surface area contributed by atoms with E-state index in [0.717, 1.165) is 43.7 Å². The van der Waals surface area contributed by atoms with Gasteiger partial charge >= 0.3 is 0 Å². The Morgan fingerprint density at radius 2 is 1.92 bits per heavy atom. The zero-order valence-corrected chi connectivity index (χ0v) is 15.0. The quantitative estimate of drug-likeness (QED) is 0.706. The molecule has 0 spiro atoms. The van der Waals surface area contributed by atoms with Crippen molar-refractivity contribution >= 4 is 11.0 Å². The van der Waals surface area contributed by atoms with E-state index < -0.39 is 0 Å². The Bertz CT molecular complexity index is 949. The van der Waals surface area contributed by atoms with Crippen molar-refractivity contribution in [2.24, 2.45) is 0 Å². The third kappa shape index (κ3) is 3.51.